The molecule has 0 aliphatic carbocycles. The summed E-state index contributed by atoms with van der Waals surface area (Å²) in [7, 11) is 0. The predicted octanol–water partition coefficient (Wildman–Crippen LogP) is 2.74. The summed E-state index contributed by atoms with van der Waals surface area (Å²) in [6.07, 6.45) is 3.92. The molecule has 4 heterocycles. The van der Waals surface area contributed by atoms with Crippen molar-refractivity contribution in [3.8, 4) is 5.75 Å². The van der Waals surface area contributed by atoms with Crippen LogP contribution in [0.2, 0.25) is 0 Å². The summed E-state index contributed by atoms with van der Waals surface area (Å²) in [5, 5.41) is 14.6. The molecule has 1 N–H and O–H groups in total. The maximum absolute atomic E-state index is 12.4. The average molecular weight is 462 g/mol. The third-order valence-corrected chi connectivity index (χ3v) is 5.95. The van der Waals surface area contributed by atoms with Gasteiger partial charge in [-0.3, -0.25) is 15.0 Å². The molecule has 10 nitrogen and oxygen atoms in total. The van der Waals surface area contributed by atoms with Crippen molar-refractivity contribution in [3.63, 3.8) is 0 Å². The Morgan fingerprint density at radius 2 is 2.03 bits per heavy atom. The minimum atomic E-state index is -0.497. The largest absolute Gasteiger partial charge is 0.487 e. The van der Waals surface area contributed by atoms with Gasteiger partial charge in [0.05, 0.1) is 11.3 Å². The number of aryl methyl sites for hydroxylation is 1. The van der Waals surface area contributed by atoms with Gasteiger partial charge in [-0.1, -0.05) is 30.4 Å². The molecule has 2 aliphatic heterocycles. The van der Waals surface area contributed by atoms with E-state index in [1.807, 2.05) is 6.92 Å². The smallest absolute Gasteiger partial charge is 0.282 e. The van der Waals surface area contributed by atoms with Crippen molar-refractivity contribution < 1.29 is 14.4 Å². The van der Waals surface area contributed by atoms with E-state index in [0.717, 1.165) is 11.4 Å². The summed E-state index contributed by atoms with van der Waals surface area (Å²) in [5.41, 5.74) is 1.10. The van der Waals surface area contributed by atoms with E-state index in [1.165, 1.54) is 27.0 Å². The molecule has 0 atom stereocenters. The number of nitrogens with zero attached hydrogens (tertiary/aromatic N) is 5. The molecule has 1 amide bonds. The van der Waals surface area contributed by atoms with E-state index in [0.29, 0.717) is 33.6 Å². The zero-order valence-corrected chi connectivity index (χ0v) is 18.5. The van der Waals surface area contributed by atoms with Crippen molar-refractivity contribution in [3.05, 3.63) is 74.4 Å². The number of aliphatic imine (C=N–C) groups is 1. The Morgan fingerprint density at radius 1 is 1.24 bits per heavy atom. The first-order chi connectivity index (χ1) is 15.9. The molecule has 0 radical (unpaired) electrons. The van der Waals surface area contributed by atoms with Crippen LogP contribution in [0.15, 0.2) is 57.5 Å². The quantitative estimate of drug-likeness (QED) is 0.579. The first-order valence-corrected chi connectivity index (χ1v) is 10.9. The molecule has 0 fully saturated rings. The van der Waals surface area contributed by atoms with Crippen LogP contribution in [0.3, 0.4) is 0 Å². The van der Waals surface area contributed by atoms with E-state index in [-0.39, 0.29) is 23.6 Å². The van der Waals surface area contributed by atoms with Gasteiger partial charge in [-0.25, -0.2) is 4.98 Å². The molecule has 33 heavy (non-hydrogen) atoms. The average Bonchev–Trinajstić information content (AvgIpc) is 3.39. The highest BCUT2D eigenvalue weighted by Crippen LogP contribution is 2.24. The molecule has 0 unspecified atom stereocenters. The van der Waals surface area contributed by atoms with E-state index in [1.54, 1.807) is 43.3 Å². The number of rotatable bonds is 5. The highest BCUT2D eigenvalue weighted by atomic mass is 32.1. The van der Waals surface area contributed by atoms with Crippen LogP contribution < -0.4 is 10.3 Å². The fourth-order valence-electron chi connectivity index (χ4n) is 3.30. The maximum Gasteiger partial charge on any atom is 0.282 e. The number of hydrogen-bond acceptors (Lipinski definition) is 8. The molecular weight excluding hydrogens is 444 g/mol. The topological polar surface area (TPSA) is 122 Å². The monoisotopic (exact) mass is 462 g/mol. The lowest BCUT2D eigenvalue weighted by molar-refractivity contribution is -0.114. The third kappa shape index (κ3) is 3.94. The van der Waals surface area contributed by atoms with E-state index in [2.05, 4.69) is 15.1 Å². The van der Waals surface area contributed by atoms with Gasteiger partial charge in [-0.2, -0.15) is 14.6 Å². The van der Waals surface area contributed by atoms with Crippen molar-refractivity contribution in [2.75, 3.05) is 0 Å². The minimum Gasteiger partial charge on any atom is -0.487 e. The zero-order valence-electron chi connectivity index (χ0n) is 17.7. The second-order valence-corrected chi connectivity index (χ2v) is 8.35. The van der Waals surface area contributed by atoms with Gasteiger partial charge in [-0.15, -0.1) is 5.06 Å². The molecule has 0 saturated carbocycles. The van der Waals surface area contributed by atoms with Gasteiger partial charge in [0.1, 0.15) is 23.1 Å². The van der Waals surface area contributed by atoms with Crippen molar-refractivity contribution in [1.82, 2.24) is 19.7 Å². The Morgan fingerprint density at radius 3 is 2.79 bits per heavy atom. The number of ether oxygens (including phenoxy) is 1. The van der Waals surface area contributed by atoms with E-state index in [4.69, 9.17) is 15.0 Å². The van der Waals surface area contributed by atoms with Crippen molar-refractivity contribution >= 4 is 40.0 Å². The molecule has 5 rings (SSSR count). The lowest BCUT2D eigenvalue weighted by atomic mass is 10.1. The number of hydroxylamine groups is 2. The van der Waals surface area contributed by atoms with Crippen LogP contribution in [0.4, 0.5) is 0 Å². The Kier molecular flexibility index (Phi) is 5.09. The Balaban J connectivity index is 1.30. The molecule has 0 spiro atoms. The van der Waals surface area contributed by atoms with Gasteiger partial charge >= 0.3 is 0 Å². The Hall–Kier alpha value is -4.12. The second kappa shape index (κ2) is 8.10. The molecule has 0 bridgehead atoms. The Bertz CT molecular complexity index is 1450. The van der Waals surface area contributed by atoms with Crippen molar-refractivity contribution in [1.29, 1.82) is 5.41 Å². The SMILES string of the molecule is CCc1nn2c(=O)cc(COc3ccc(/C=C4\C(=N)N5OC(C)=CC5=NC4=O)cc3)nc2s1. The molecule has 166 valence electrons. The van der Waals surface area contributed by atoms with Gasteiger partial charge in [0, 0.05) is 12.1 Å². The van der Waals surface area contributed by atoms with E-state index < -0.39 is 5.91 Å². The number of hydrogen-bond donors (Lipinski definition) is 1. The van der Waals surface area contributed by atoms with Crippen LogP contribution in [0.5, 0.6) is 5.75 Å². The predicted molar refractivity (Wildman–Crippen MR) is 122 cm³/mol. The van der Waals surface area contributed by atoms with Crippen LogP contribution in [-0.4, -0.2) is 37.2 Å². The number of amides is 1. The summed E-state index contributed by atoms with van der Waals surface area (Å²) in [4.78, 5) is 39.0. The molecule has 1 aromatic carbocycles. The van der Waals surface area contributed by atoms with E-state index in [9.17, 15) is 9.59 Å². The number of nitrogens with one attached hydrogen (secondary N) is 1. The summed E-state index contributed by atoms with van der Waals surface area (Å²) in [6.45, 7) is 3.83. The van der Waals surface area contributed by atoms with Crippen molar-refractivity contribution in [2.45, 2.75) is 26.9 Å². The number of benzene rings is 1. The zero-order chi connectivity index (χ0) is 23.1. The number of aromatic nitrogens is 3. The van der Waals surface area contributed by atoms with Gasteiger partial charge < -0.3 is 9.57 Å². The molecule has 2 aromatic heterocycles. The van der Waals surface area contributed by atoms with Gasteiger partial charge in [0.2, 0.25) is 4.96 Å². The fourth-order valence-corrected chi connectivity index (χ4v) is 4.16. The Labute approximate surface area is 191 Å². The first kappa shape index (κ1) is 20.8. The molecule has 11 heteroatoms. The molecule has 3 aromatic rings. The second-order valence-electron chi connectivity index (χ2n) is 7.31. The van der Waals surface area contributed by atoms with E-state index >= 15 is 0 Å². The number of amidine groups is 2. The number of allylic oxidation sites excluding steroid dienone is 1. The summed E-state index contributed by atoms with van der Waals surface area (Å²) in [5.74, 6) is 0.875. The lowest BCUT2D eigenvalue weighted by Gasteiger charge is -2.22. The first-order valence-electron chi connectivity index (χ1n) is 10.1. The van der Waals surface area contributed by atoms with Gasteiger partial charge in [0.15, 0.2) is 11.7 Å². The summed E-state index contributed by atoms with van der Waals surface area (Å²) >= 11 is 1.38. The number of carbonyl (C=O) groups excluding carboxylic acids is 1. The van der Waals surface area contributed by atoms with Crippen LogP contribution >= 0.6 is 11.3 Å². The minimum absolute atomic E-state index is 0.0690. The number of fused-ring (bicyclic) bond motifs is 2. The highest BCUT2D eigenvalue weighted by Gasteiger charge is 2.34. The fraction of sp³-hybridized carbons (Fsp3) is 0.182. The molecule has 0 saturated heterocycles. The van der Waals surface area contributed by atoms with Crippen molar-refractivity contribution in [2.24, 2.45) is 4.99 Å². The van der Waals surface area contributed by atoms with Crippen LogP contribution in [-0.2, 0) is 22.7 Å². The summed E-state index contributed by atoms with van der Waals surface area (Å²) < 4.78 is 7.07. The standard InChI is InChI=1S/C22H18N6O4S/c1-3-18-26-27-19(29)10-14(24-22(27)33-18)11-31-15-6-4-13(5-7-15)9-16-20(23)28-17(25-21(16)30)8-12(2)32-28/h4-10,23H,3,11H2,1-2H3/b16-9+,23-20?. The van der Waals surface area contributed by atoms with Crippen LogP contribution in [0.25, 0.3) is 11.0 Å². The van der Waals surface area contributed by atoms with Gasteiger partial charge in [-0.05, 0) is 37.1 Å². The summed E-state index contributed by atoms with van der Waals surface area (Å²) in [6, 6.07) is 8.42. The highest BCUT2D eigenvalue weighted by molar-refractivity contribution is 7.16. The molecular formula is C22H18N6O4S. The third-order valence-electron chi connectivity index (χ3n) is 4.90. The maximum atomic E-state index is 12.4. The normalized spacial score (nSPS) is 16.7. The number of carbonyl (C=O) groups is 1. The van der Waals surface area contributed by atoms with Gasteiger partial charge in [0.25, 0.3) is 11.5 Å². The van der Waals surface area contributed by atoms with Crippen LogP contribution in [0, 0.1) is 5.41 Å². The molecule has 2 aliphatic rings. The lowest BCUT2D eigenvalue weighted by Crippen LogP contribution is -2.38. The van der Waals surface area contributed by atoms with Crippen LogP contribution in [0.1, 0.15) is 30.1 Å².